The summed E-state index contributed by atoms with van der Waals surface area (Å²) in [5.41, 5.74) is 6.89. The van der Waals surface area contributed by atoms with Gasteiger partial charge < -0.3 is 10.6 Å². The molecule has 0 atom stereocenters. The normalized spacial score (nSPS) is 17.0. The molecule has 1 aromatic rings. The van der Waals surface area contributed by atoms with Crippen molar-refractivity contribution < 1.29 is 8.42 Å². The number of hydrogen-bond donors (Lipinski definition) is 2. The molecule has 1 aliphatic rings. The number of likely N-dealkylation sites (tertiary alicyclic amines) is 1. The van der Waals surface area contributed by atoms with E-state index in [1.54, 1.807) is 19.1 Å². The number of rotatable bonds is 5. The van der Waals surface area contributed by atoms with Gasteiger partial charge in [0.1, 0.15) is 0 Å². The molecule has 1 saturated heterocycles. The maximum atomic E-state index is 12.4. The molecule has 0 aliphatic carbocycles. The fraction of sp³-hybridized carbons (Fsp3) is 0.571. The third kappa shape index (κ3) is 4.42. The number of nitrogens with zero attached hydrogens (tertiary/aromatic N) is 1. The summed E-state index contributed by atoms with van der Waals surface area (Å²) in [7, 11) is -3.52. The molecular weight excluding hydrogens is 354 g/mol. The molecule has 1 heterocycles. The lowest BCUT2D eigenvalue weighted by Crippen LogP contribution is -2.37. The van der Waals surface area contributed by atoms with Gasteiger partial charge in [0.25, 0.3) is 0 Å². The van der Waals surface area contributed by atoms with Gasteiger partial charge in [-0.05, 0) is 50.6 Å². The Bertz CT molecular complexity index is 598. The highest BCUT2D eigenvalue weighted by atomic mass is 79.9. The molecule has 7 heteroatoms. The molecule has 118 valence electrons. The highest BCUT2D eigenvalue weighted by molar-refractivity contribution is 9.10. The van der Waals surface area contributed by atoms with Gasteiger partial charge in [0, 0.05) is 23.2 Å². The van der Waals surface area contributed by atoms with E-state index >= 15 is 0 Å². The maximum Gasteiger partial charge on any atom is 0.240 e. The molecule has 5 nitrogen and oxygen atoms in total. The number of hydrogen-bond acceptors (Lipinski definition) is 4. The summed E-state index contributed by atoms with van der Waals surface area (Å²) < 4.78 is 28.1. The number of anilines is 1. The van der Waals surface area contributed by atoms with Crippen molar-refractivity contribution >= 4 is 31.6 Å². The van der Waals surface area contributed by atoms with Crippen LogP contribution in [0.4, 0.5) is 5.69 Å². The Morgan fingerprint density at radius 1 is 1.29 bits per heavy atom. The van der Waals surface area contributed by atoms with Gasteiger partial charge in [0.2, 0.25) is 10.0 Å². The van der Waals surface area contributed by atoms with Crippen molar-refractivity contribution in [1.29, 1.82) is 0 Å². The predicted molar refractivity (Wildman–Crippen MR) is 88.8 cm³/mol. The van der Waals surface area contributed by atoms with Gasteiger partial charge in [0.15, 0.2) is 0 Å². The van der Waals surface area contributed by atoms with E-state index in [0.29, 0.717) is 22.3 Å². The van der Waals surface area contributed by atoms with E-state index in [1.807, 2.05) is 0 Å². The van der Waals surface area contributed by atoms with Gasteiger partial charge in [-0.25, -0.2) is 13.1 Å². The van der Waals surface area contributed by atoms with E-state index in [2.05, 4.69) is 25.6 Å². The van der Waals surface area contributed by atoms with E-state index in [1.165, 1.54) is 19.3 Å². The largest absolute Gasteiger partial charge is 0.398 e. The Morgan fingerprint density at radius 2 is 1.95 bits per heavy atom. The number of nitrogens with one attached hydrogen (secondary N) is 1. The second kappa shape index (κ2) is 7.09. The zero-order valence-electron chi connectivity index (χ0n) is 12.2. The first-order valence-corrected chi connectivity index (χ1v) is 9.45. The summed E-state index contributed by atoms with van der Waals surface area (Å²) in [5, 5.41) is 0. The summed E-state index contributed by atoms with van der Waals surface area (Å²) in [6.45, 7) is 5.02. The molecule has 0 unspecified atom stereocenters. The highest BCUT2D eigenvalue weighted by Crippen LogP contribution is 2.26. The minimum atomic E-state index is -3.52. The molecule has 0 spiro atoms. The molecule has 1 fully saturated rings. The zero-order chi connectivity index (χ0) is 15.5. The Morgan fingerprint density at radius 3 is 2.62 bits per heavy atom. The molecule has 0 aromatic heterocycles. The van der Waals surface area contributed by atoms with Gasteiger partial charge in [0.05, 0.1) is 4.90 Å². The van der Waals surface area contributed by atoms with Crippen molar-refractivity contribution in [2.24, 2.45) is 0 Å². The molecule has 0 saturated carbocycles. The Kier molecular flexibility index (Phi) is 5.65. The Hall–Kier alpha value is -0.630. The van der Waals surface area contributed by atoms with Crippen LogP contribution >= 0.6 is 15.9 Å². The van der Waals surface area contributed by atoms with Crippen LogP contribution in [0.25, 0.3) is 0 Å². The van der Waals surface area contributed by atoms with Crippen LogP contribution in [0.15, 0.2) is 21.5 Å². The zero-order valence-corrected chi connectivity index (χ0v) is 14.6. The highest BCUT2D eigenvalue weighted by Gasteiger charge is 2.19. The quantitative estimate of drug-likeness (QED) is 0.772. The van der Waals surface area contributed by atoms with Crippen molar-refractivity contribution in [3.05, 3.63) is 22.2 Å². The molecule has 0 amide bonds. The fourth-order valence-corrected chi connectivity index (χ4v) is 4.50. The predicted octanol–water partition coefficient (Wildman–Crippen LogP) is 2.10. The summed E-state index contributed by atoms with van der Waals surface area (Å²) in [5.74, 6) is 0. The number of sulfonamides is 1. The lowest BCUT2D eigenvalue weighted by molar-refractivity contribution is 0.233. The second-order valence-electron chi connectivity index (χ2n) is 5.42. The fourth-order valence-electron chi connectivity index (χ4n) is 2.55. The van der Waals surface area contributed by atoms with Crippen LogP contribution in [0.1, 0.15) is 24.8 Å². The van der Waals surface area contributed by atoms with E-state index in [9.17, 15) is 8.42 Å². The molecule has 0 bridgehead atoms. The number of nitrogen functional groups attached to an aromatic ring is 1. The van der Waals surface area contributed by atoms with Gasteiger partial charge in [-0.2, -0.15) is 0 Å². The van der Waals surface area contributed by atoms with Crippen LogP contribution < -0.4 is 10.5 Å². The number of halogens is 1. The molecule has 2 rings (SSSR count). The van der Waals surface area contributed by atoms with Gasteiger partial charge in [-0.3, -0.25) is 0 Å². The summed E-state index contributed by atoms with van der Waals surface area (Å²) in [6.07, 6.45) is 3.68. The van der Waals surface area contributed by atoms with Crippen LogP contribution in [-0.4, -0.2) is 39.5 Å². The molecule has 0 radical (unpaired) electrons. The Balaban J connectivity index is 2.01. The monoisotopic (exact) mass is 375 g/mol. The summed E-state index contributed by atoms with van der Waals surface area (Å²) in [4.78, 5) is 2.54. The molecule has 3 N–H and O–H groups in total. The first-order valence-electron chi connectivity index (χ1n) is 7.18. The number of nitrogens with two attached hydrogens (primary N) is 1. The van der Waals surface area contributed by atoms with Crippen LogP contribution in [0.3, 0.4) is 0 Å². The third-order valence-electron chi connectivity index (χ3n) is 3.82. The average Bonchev–Trinajstić information content (AvgIpc) is 2.43. The SMILES string of the molecule is Cc1c(N)cc(Br)cc1S(=O)(=O)NCCN1CCCCC1. The molecular formula is C14H22BrN3O2S. The van der Waals surface area contributed by atoms with Crippen molar-refractivity contribution in [1.82, 2.24) is 9.62 Å². The summed E-state index contributed by atoms with van der Waals surface area (Å²) in [6, 6.07) is 3.30. The Labute approximate surface area is 135 Å². The van der Waals surface area contributed by atoms with E-state index in [-0.39, 0.29) is 4.90 Å². The minimum absolute atomic E-state index is 0.244. The van der Waals surface area contributed by atoms with Crippen LogP contribution in [0.2, 0.25) is 0 Å². The minimum Gasteiger partial charge on any atom is -0.398 e. The van der Waals surface area contributed by atoms with Crippen LogP contribution in [0.5, 0.6) is 0 Å². The van der Waals surface area contributed by atoms with Gasteiger partial charge >= 0.3 is 0 Å². The second-order valence-corrected chi connectivity index (χ2v) is 8.07. The van der Waals surface area contributed by atoms with Gasteiger partial charge in [-0.15, -0.1) is 0 Å². The summed E-state index contributed by atoms with van der Waals surface area (Å²) >= 11 is 3.29. The number of piperidine rings is 1. The molecule has 21 heavy (non-hydrogen) atoms. The van der Waals surface area contributed by atoms with Crippen molar-refractivity contribution in [3.8, 4) is 0 Å². The lowest BCUT2D eigenvalue weighted by atomic mass is 10.1. The standard InChI is InChI=1S/C14H22BrN3O2S/c1-11-13(16)9-12(15)10-14(11)21(19,20)17-5-8-18-6-3-2-4-7-18/h9-10,17H,2-8,16H2,1H3. The third-order valence-corrected chi connectivity index (χ3v) is 5.87. The maximum absolute atomic E-state index is 12.4. The average molecular weight is 376 g/mol. The molecule has 1 aliphatic heterocycles. The van der Waals surface area contributed by atoms with E-state index < -0.39 is 10.0 Å². The van der Waals surface area contributed by atoms with E-state index in [0.717, 1.165) is 19.6 Å². The lowest BCUT2D eigenvalue weighted by Gasteiger charge is -2.26. The number of benzene rings is 1. The topological polar surface area (TPSA) is 75.4 Å². The van der Waals surface area contributed by atoms with Gasteiger partial charge in [-0.1, -0.05) is 22.4 Å². The smallest absolute Gasteiger partial charge is 0.240 e. The first kappa shape index (κ1) is 16.7. The molecule has 1 aromatic carbocycles. The van der Waals surface area contributed by atoms with Crippen molar-refractivity contribution in [2.75, 3.05) is 31.9 Å². The van der Waals surface area contributed by atoms with Crippen molar-refractivity contribution in [2.45, 2.75) is 31.1 Å². The van der Waals surface area contributed by atoms with Crippen LogP contribution in [-0.2, 0) is 10.0 Å². The van der Waals surface area contributed by atoms with E-state index in [4.69, 9.17) is 5.73 Å². The first-order chi connectivity index (χ1) is 9.90. The van der Waals surface area contributed by atoms with Crippen molar-refractivity contribution in [3.63, 3.8) is 0 Å². The van der Waals surface area contributed by atoms with Crippen LogP contribution in [0, 0.1) is 6.92 Å².